The molecule has 2 aromatic rings. The number of carbonyl (C=O) groups is 1. The number of thiophene rings is 1. The first-order valence-corrected chi connectivity index (χ1v) is 5.90. The molecule has 1 aliphatic heterocycles. The van der Waals surface area contributed by atoms with Crippen LogP contribution in [-0.4, -0.2) is 18.1 Å². The van der Waals surface area contributed by atoms with Crippen molar-refractivity contribution >= 4 is 17.3 Å². The van der Waals surface area contributed by atoms with Gasteiger partial charge in [0.05, 0.1) is 12.0 Å². The molecule has 0 aromatic carbocycles. The van der Waals surface area contributed by atoms with E-state index >= 15 is 0 Å². The van der Waals surface area contributed by atoms with Gasteiger partial charge >= 0.3 is 5.97 Å². The highest BCUT2D eigenvalue weighted by atomic mass is 32.1. The largest absolute Gasteiger partial charge is 0.486 e. The van der Waals surface area contributed by atoms with Crippen molar-refractivity contribution in [1.29, 1.82) is 0 Å². The van der Waals surface area contributed by atoms with Gasteiger partial charge in [-0.05, 0) is 18.2 Å². The minimum absolute atomic E-state index is 0.318. The number of methoxy groups -OCH3 is 1. The average molecular weight is 247 g/mol. The van der Waals surface area contributed by atoms with E-state index in [9.17, 15) is 4.79 Å². The van der Waals surface area contributed by atoms with Gasteiger partial charge in [-0.1, -0.05) is 0 Å². The standard InChI is InChI=1S/C12H9NO3S/c1-15-12(14)9-5-7-10(17-9)6-16-8-3-2-4-13-11(7)8/h2-5H,6H2,1H3. The lowest BCUT2D eigenvalue weighted by Crippen LogP contribution is -2.03. The molecule has 5 heteroatoms. The van der Waals surface area contributed by atoms with Crippen molar-refractivity contribution in [3.05, 3.63) is 34.2 Å². The lowest BCUT2D eigenvalue weighted by Gasteiger charge is -2.15. The number of esters is 1. The Balaban J connectivity index is 2.13. The molecular formula is C12H9NO3S. The second-order valence-corrected chi connectivity index (χ2v) is 4.71. The molecule has 0 radical (unpaired) electrons. The van der Waals surface area contributed by atoms with E-state index in [1.165, 1.54) is 18.4 Å². The Labute approximate surface area is 102 Å². The number of ether oxygens (including phenoxy) is 2. The Morgan fingerprint density at radius 1 is 1.59 bits per heavy atom. The molecule has 0 saturated carbocycles. The highest BCUT2D eigenvalue weighted by molar-refractivity contribution is 7.14. The van der Waals surface area contributed by atoms with Crippen molar-refractivity contribution in [2.24, 2.45) is 0 Å². The maximum absolute atomic E-state index is 11.5. The molecule has 0 bridgehead atoms. The number of pyridine rings is 1. The van der Waals surface area contributed by atoms with E-state index in [1.807, 2.05) is 18.2 Å². The van der Waals surface area contributed by atoms with Crippen LogP contribution in [0.15, 0.2) is 24.4 Å². The van der Waals surface area contributed by atoms with Gasteiger partial charge in [0.2, 0.25) is 0 Å². The number of aromatic nitrogens is 1. The predicted octanol–water partition coefficient (Wildman–Crippen LogP) is 2.49. The highest BCUT2D eigenvalue weighted by Crippen LogP contribution is 2.40. The lowest BCUT2D eigenvalue weighted by molar-refractivity contribution is 0.0606. The van der Waals surface area contributed by atoms with Gasteiger partial charge in [-0.15, -0.1) is 11.3 Å². The minimum Gasteiger partial charge on any atom is -0.486 e. The Morgan fingerprint density at radius 2 is 2.47 bits per heavy atom. The van der Waals surface area contributed by atoms with Crippen LogP contribution in [0.1, 0.15) is 14.5 Å². The second-order valence-electron chi connectivity index (χ2n) is 3.58. The molecule has 86 valence electrons. The first-order chi connectivity index (χ1) is 8.29. The Morgan fingerprint density at radius 3 is 3.29 bits per heavy atom. The lowest BCUT2D eigenvalue weighted by atomic mass is 10.1. The van der Waals surface area contributed by atoms with E-state index in [0.717, 1.165) is 21.9 Å². The molecule has 4 nitrogen and oxygen atoms in total. The van der Waals surface area contributed by atoms with Crippen LogP contribution >= 0.6 is 11.3 Å². The summed E-state index contributed by atoms with van der Waals surface area (Å²) in [6.45, 7) is 0.482. The van der Waals surface area contributed by atoms with Crippen LogP contribution in [0.5, 0.6) is 5.75 Å². The van der Waals surface area contributed by atoms with Crippen molar-refractivity contribution in [2.45, 2.75) is 6.61 Å². The van der Waals surface area contributed by atoms with Crippen LogP contribution in [0.25, 0.3) is 11.3 Å². The first kappa shape index (κ1) is 10.3. The van der Waals surface area contributed by atoms with E-state index in [1.54, 1.807) is 6.20 Å². The molecule has 0 unspecified atom stereocenters. The Kier molecular flexibility index (Phi) is 2.33. The van der Waals surface area contributed by atoms with E-state index in [-0.39, 0.29) is 5.97 Å². The summed E-state index contributed by atoms with van der Waals surface area (Å²) in [7, 11) is 1.38. The zero-order valence-corrected chi connectivity index (χ0v) is 9.91. The van der Waals surface area contributed by atoms with Crippen LogP contribution in [0.2, 0.25) is 0 Å². The average Bonchev–Trinajstić information content (AvgIpc) is 2.82. The third-order valence-electron chi connectivity index (χ3n) is 2.58. The van der Waals surface area contributed by atoms with Crippen molar-refractivity contribution in [1.82, 2.24) is 4.98 Å². The minimum atomic E-state index is -0.318. The van der Waals surface area contributed by atoms with Gasteiger partial charge < -0.3 is 9.47 Å². The molecule has 3 heterocycles. The molecule has 0 N–H and O–H groups in total. The Bertz CT molecular complexity index is 591. The highest BCUT2D eigenvalue weighted by Gasteiger charge is 2.23. The fraction of sp³-hybridized carbons (Fsp3) is 0.167. The van der Waals surface area contributed by atoms with Gasteiger partial charge in [-0.25, -0.2) is 4.79 Å². The summed E-state index contributed by atoms with van der Waals surface area (Å²) >= 11 is 1.39. The third kappa shape index (κ3) is 1.59. The molecule has 17 heavy (non-hydrogen) atoms. The third-order valence-corrected chi connectivity index (χ3v) is 3.67. The number of hydrogen-bond acceptors (Lipinski definition) is 5. The monoisotopic (exact) mass is 247 g/mol. The fourth-order valence-electron chi connectivity index (χ4n) is 1.79. The zero-order valence-electron chi connectivity index (χ0n) is 9.10. The van der Waals surface area contributed by atoms with Crippen molar-refractivity contribution in [3.8, 4) is 17.0 Å². The van der Waals surface area contributed by atoms with Crippen molar-refractivity contribution in [3.63, 3.8) is 0 Å². The van der Waals surface area contributed by atoms with Crippen molar-refractivity contribution < 1.29 is 14.3 Å². The van der Waals surface area contributed by atoms with Crippen LogP contribution < -0.4 is 4.74 Å². The maximum Gasteiger partial charge on any atom is 0.348 e. The topological polar surface area (TPSA) is 48.4 Å². The quantitative estimate of drug-likeness (QED) is 0.726. The Hall–Kier alpha value is -1.88. The van der Waals surface area contributed by atoms with Gasteiger partial charge in [0, 0.05) is 11.8 Å². The van der Waals surface area contributed by atoms with Gasteiger partial charge in [0.25, 0.3) is 0 Å². The maximum atomic E-state index is 11.5. The molecule has 3 rings (SSSR count). The van der Waals surface area contributed by atoms with Crippen LogP contribution in [0.4, 0.5) is 0 Å². The first-order valence-electron chi connectivity index (χ1n) is 5.09. The van der Waals surface area contributed by atoms with E-state index in [2.05, 4.69) is 4.98 Å². The van der Waals surface area contributed by atoms with Gasteiger partial charge in [0.1, 0.15) is 22.9 Å². The number of nitrogens with zero attached hydrogens (tertiary/aromatic N) is 1. The predicted molar refractivity (Wildman–Crippen MR) is 63.2 cm³/mol. The summed E-state index contributed by atoms with van der Waals surface area (Å²) in [6, 6.07) is 5.53. The van der Waals surface area contributed by atoms with E-state index in [0.29, 0.717) is 11.5 Å². The summed E-state index contributed by atoms with van der Waals surface area (Å²) in [5.74, 6) is 0.441. The molecule has 0 amide bonds. The summed E-state index contributed by atoms with van der Waals surface area (Å²) in [5.41, 5.74) is 1.76. The molecule has 0 atom stereocenters. The molecule has 0 fully saturated rings. The smallest absolute Gasteiger partial charge is 0.348 e. The van der Waals surface area contributed by atoms with Crippen LogP contribution in [0, 0.1) is 0 Å². The number of carbonyl (C=O) groups excluding carboxylic acids is 1. The van der Waals surface area contributed by atoms with E-state index < -0.39 is 0 Å². The molecule has 0 spiro atoms. The number of hydrogen-bond donors (Lipinski definition) is 0. The number of rotatable bonds is 1. The molecule has 1 aliphatic rings. The van der Waals surface area contributed by atoms with E-state index in [4.69, 9.17) is 9.47 Å². The van der Waals surface area contributed by atoms with Gasteiger partial charge in [-0.2, -0.15) is 0 Å². The fourth-order valence-corrected chi connectivity index (χ4v) is 2.78. The SMILES string of the molecule is COC(=O)c1cc2c(s1)COc1cccnc1-2. The molecule has 0 aliphatic carbocycles. The molecular weight excluding hydrogens is 238 g/mol. The normalized spacial score (nSPS) is 12.3. The summed E-state index contributed by atoms with van der Waals surface area (Å²) in [6.07, 6.45) is 1.72. The zero-order chi connectivity index (χ0) is 11.8. The van der Waals surface area contributed by atoms with Gasteiger partial charge in [-0.3, -0.25) is 4.98 Å². The summed E-state index contributed by atoms with van der Waals surface area (Å²) in [4.78, 5) is 17.4. The number of fused-ring (bicyclic) bond motifs is 3. The van der Waals surface area contributed by atoms with Crippen LogP contribution in [-0.2, 0) is 11.3 Å². The van der Waals surface area contributed by atoms with Crippen molar-refractivity contribution in [2.75, 3.05) is 7.11 Å². The molecule has 0 saturated heterocycles. The van der Waals surface area contributed by atoms with Crippen LogP contribution in [0.3, 0.4) is 0 Å². The molecule has 2 aromatic heterocycles. The summed E-state index contributed by atoms with van der Waals surface area (Å²) < 4.78 is 10.3. The summed E-state index contributed by atoms with van der Waals surface area (Å²) in [5, 5.41) is 0. The second kappa shape index (κ2) is 3.85. The van der Waals surface area contributed by atoms with Gasteiger partial charge in [0.15, 0.2) is 0 Å².